The number of amides is 1. The summed E-state index contributed by atoms with van der Waals surface area (Å²) in [5.74, 6) is -0.466. The molecule has 1 aromatic rings. The third-order valence-electron chi connectivity index (χ3n) is 2.48. The molecule has 104 valence electrons. The molecule has 0 saturated heterocycles. The fraction of sp³-hybridized carbons (Fsp3) is 0.455. The van der Waals surface area contributed by atoms with Crippen LogP contribution in [0.3, 0.4) is 0 Å². The van der Waals surface area contributed by atoms with Gasteiger partial charge in [-0.1, -0.05) is 11.6 Å². The average Bonchev–Trinajstić information content (AvgIpc) is 2.37. The topological polar surface area (TPSA) is 85.6 Å². The van der Waals surface area contributed by atoms with Gasteiger partial charge in [-0.2, -0.15) is 0 Å². The van der Waals surface area contributed by atoms with Gasteiger partial charge in [0.2, 0.25) is 5.15 Å². The summed E-state index contributed by atoms with van der Waals surface area (Å²) in [5.41, 5.74) is -0.530. The van der Waals surface area contributed by atoms with E-state index >= 15 is 0 Å². The van der Waals surface area contributed by atoms with E-state index in [1.54, 1.807) is 14.2 Å². The third-order valence-corrected chi connectivity index (χ3v) is 2.76. The van der Waals surface area contributed by atoms with Gasteiger partial charge in [-0.3, -0.25) is 14.9 Å². The first-order valence-corrected chi connectivity index (χ1v) is 5.90. The monoisotopic (exact) mass is 287 g/mol. The van der Waals surface area contributed by atoms with E-state index in [0.29, 0.717) is 19.6 Å². The molecule has 0 spiro atoms. The molecule has 0 unspecified atom stereocenters. The number of ether oxygens (including phenoxy) is 1. The number of pyridine rings is 1. The highest BCUT2D eigenvalue weighted by Gasteiger charge is 2.26. The molecule has 1 rings (SSSR count). The quantitative estimate of drug-likeness (QED) is 0.344. The number of nitro groups is 1. The summed E-state index contributed by atoms with van der Waals surface area (Å²) >= 11 is 5.66. The largest absolute Gasteiger partial charge is 0.385 e. The Labute approximate surface area is 115 Å². The summed E-state index contributed by atoms with van der Waals surface area (Å²) in [6.07, 6.45) is 1.91. The number of methoxy groups -OCH3 is 1. The van der Waals surface area contributed by atoms with Crippen LogP contribution in [0, 0.1) is 10.1 Å². The summed E-state index contributed by atoms with van der Waals surface area (Å²) in [7, 11) is 3.13. The fourth-order valence-electron chi connectivity index (χ4n) is 1.53. The van der Waals surface area contributed by atoms with Gasteiger partial charge in [-0.25, -0.2) is 4.98 Å². The molecule has 0 aliphatic carbocycles. The molecular weight excluding hydrogens is 274 g/mol. The molecule has 0 aromatic carbocycles. The molecule has 7 nitrogen and oxygen atoms in total. The molecule has 0 fully saturated rings. The normalized spacial score (nSPS) is 10.3. The van der Waals surface area contributed by atoms with Gasteiger partial charge in [-0.15, -0.1) is 0 Å². The zero-order chi connectivity index (χ0) is 14.4. The van der Waals surface area contributed by atoms with Crippen molar-refractivity contribution in [2.24, 2.45) is 0 Å². The number of rotatable bonds is 6. The minimum absolute atomic E-state index is 0.0649. The Bertz CT molecular complexity index is 481. The summed E-state index contributed by atoms with van der Waals surface area (Å²) in [6, 6.07) is 1.29. The molecule has 0 saturated carbocycles. The fourth-order valence-corrected chi connectivity index (χ4v) is 1.76. The SMILES string of the molecule is COCCCN(C)C(=O)c1ccnc(Cl)c1[N+](=O)[O-]. The minimum atomic E-state index is -0.703. The van der Waals surface area contributed by atoms with Crippen LogP contribution in [-0.4, -0.2) is 48.0 Å². The Morgan fingerprint density at radius 1 is 1.63 bits per heavy atom. The van der Waals surface area contributed by atoms with Crippen molar-refractivity contribution in [2.75, 3.05) is 27.3 Å². The lowest BCUT2D eigenvalue weighted by Gasteiger charge is -2.16. The van der Waals surface area contributed by atoms with Crippen molar-refractivity contribution in [3.63, 3.8) is 0 Å². The molecule has 0 radical (unpaired) electrons. The number of nitrogens with zero attached hydrogens (tertiary/aromatic N) is 3. The Morgan fingerprint density at radius 2 is 2.32 bits per heavy atom. The minimum Gasteiger partial charge on any atom is -0.385 e. The summed E-state index contributed by atoms with van der Waals surface area (Å²) < 4.78 is 4.88. The number of hydrogen-bond donors (Lipinski definition) is 0. The molecule has 19 heavy (non-hydrogen) atoms. The van der Waals surface area contributed by atoms with Crippen molar-refractivity contribution in [2.45, 2.75) is 6.42 Å². The molecule has 0 aliphatic heterocycles. The molecule has 0 bridgehead atoms. The van der Waals surface area contributed by atoms with E-state index in [9.17, 15) is 14.9 Å². The van der Waals surface area contributed by atoms with Crippen LogP contribution in [0.4, 0.5) is 5.69 Å². The van der Waals surface area contributed by atoms with Gasteiger partial charge >= 0.3 is 5.69 Å². The van der Waals surface area contributed by atoms with Crippen molar-refractivity contribution < 1.29 is 14.5 Å². The van der Waals surface area contributed by atoms with Crippen molar-refractivity contribution in [3.05, 3.63) is 33.1 Å². The van der Waals surface area contributed by atoms with Gasteiger partial charge in [0.15, 0.2) is 0 Å². The first kappa shape index (κ1) is 15.3. The van der Waals surface area contributed by atoms with Crippen molar-refractivity contribution in [1.29, 1.82) is 0 Å². The molecule has 1 aromatic heterocycles. The maximum absolute atomic E-state index is 12.1. The van der Waals surface area contributed by atoms with Crippen LogP contribution in [0.1, 0.15) is 16.8 Å². The molecule has 0 N–H and O–H groups in total. The van der Waals surface area contributed by atoms with E-state index in [4.69, 9.17) is 16.3 Å². The number of hydrogen-bond acceptors (Lipinski definition) is 5. The second-order valence-electron chi connectivity index (χ2n) is 3.83. The molecule has 0 aliphatic rings. The van der Waals surface area contributed by atoms with E-state index in [1.165, 1.54) is 17.2 Å². The van der Waals surface area contributed by atoms with Gasteiger partial charge in [0.25, 0.3) is 5.91 Å². The maximum Gasteiger partial charge on any atom is 0.319 e. The Balaban J connectivity index is 2.93. The predicted molar refractivity (Wildman–Crippen MR) is 69.4 cm³/mol. The smallest absolute Gasteiger partial charge is 0.319 e. The predicted octanol–water partition coefficient (Wildman–Crippen LogP) is 1.75. The summed E-state index contributed by atoms with van der Waals surface area (Å²) in [4.78, 5) is 27.3. The Morgan fingerprint density at radius 3 is 2.89 bits per heavy atom. The van der Waals surface area contributed by atoms with Crippen LogP contribution in [0.25, 0.3) is 0 Å². The molecule has 8 heteroatoms. The van der Waals surface area contributed by atoms with Crippen LogP contribution in [0.15, 0.2) is 12.3 Å². The summed E-state index contributed by atoms with van der Waals surface area (Å²) in [6.45, 7) is 0.945. The number of carbonyl (C=O) groups is 1. The van der Waals surface area contributed by atoms with Gasteiger partial charge in [0.05, 0.1) is 4.92 Å². The highest BCUT2D eigenvalue weighted by molar-refractivity contribution is 6.32. The van der Waals surface area contributed by atoms with E-state index in [1.807, 2.05) is 0 Å². The molecular formula is C11H14ClN3O4. The van der Waals surface area contributed by atoms with Crippen molar-refractivity contribution >= 4 is 23.2 Å². The third kappa shape index (κ3) is 3.87. The Kier molecular flexibility index (Phi) is 5.65. The number of aromatic nitrogens is 1. The molecule has 1 heterocycles. The van der Waals surface area contributed by atoms with Crippen LogP contribution in [-0.2, 0) is 4.74 Å². The first-order valence-electron chi connectivity index (χ1n) is 5.52. The lowest BCUT2D eigenvalue weighted by Crippen LogP contribution is -2.29. The zero-order valence-electron chi connectivity index (χ0n) is 10.6. The average molecular weight is 288 g/mol. The van der Waals surface area contributed by atoms with Gasteiger partial charge < -0.3 is 9.64 Å². The second-order valence-corrected chi connectivity index (χ2v) is 4.19. The van der Waals surface area contributed by atoms with Crippen molar-refractivity contribution in [3.8, 4) is 0 Å². The molecule has 0 atom stereocenters. The van der Waals surface area contributed by atoms with Crippen LogP contribution >= 0.6 is 11.6 Å². The Hall–Kier alpha value is -1.73. The van der Waals surface area contributed by atoms with Crippen LogP contribution < -0.4 is 0 Å². The van der Waals surface area contributed by atoms with Gasteiger partial charge in [0.1, 0.15) is 5.56 Å². The zero-order valence-corrected chi connectivity index (χ0v) is 11.4. The van der Waals surface area contributed by atoms with E-state index in [0.717, 1.165) is 0 Å². The number of carbonyl (C=O) groups excluding carboxylic acids is 1. The second kappa shape index (κ2) is 7.01. The highest BCUT2D eigenvalue weighted by atomic mass is 35.5. The lowest BCUT2D eigenvalue weighted by molar-refractivity contribution is -0.385. The standard InChI is InChI=1S/C11H14ClN3O4/c1-14(6-3-7-19-2)11(16)8-4-5-13-10(12)9(8)15(17)18/h4-5H,3,6-7H2,1-2H3. The van der Waals surface area contributed by atoms with Gasteiger partial charge in [-0.05, 0) is 12.5 Å². The lowest BCUT2D eigenvalue weighted by atomic mass is 10.2. The van der Waals surface area contributed by atoms with Crippen LogP contribution in [0.5, 0.6) is 0 Å². The van der Waals surface area contributed by atoms with E-state index in [2.05, 4.69) is 4.98 Å². The van der Waals surface area contributed by atoms with E-state index in [-0.39, 0.29) is 10.7 Å². The first-order chi connectivity index (χ1) is 8.99. The van der Waals surface area contributed by atoms with Crippen molar-refractivity contribution in [1.82, 2.24) is 9.88 Å². The highest BCUT2D eigenvalue weighted by Crippen LogP contribution is 2.26. The van der Waals surface area contributed by atoms with Crippen LogP contribution in [0.2, 0.25) is 5.15 Å². The molecule has 1 amide bonds. The van der Waals surface area contributed by atoms with Gasteiger partial charge in [0, 0.05) is 33.5 Å². The number of halogens is 1. The maximum atomic E-state index is 12.1. The summed E-state index contributed by atoms with van der Waals surface area (Å²) in [5, 5.41) is 10.6. The van der Waals surface area contributed by atoms with E-state index < -0.39 is 16.5 Å².